The Bertz CT molecular complexity index is 2100. The normalized spacial score (nSPS) is 12.8. The van der Waals surface area contributed by atoms with Crippen LogP contribution in [-0.2, 0) is 30.3 Å². The Kier molecular flexibility index (Phi) is 11.5. The smallest absolute Gasteiger partial charge is 0.164 e. The van der Waals surface area contributed by atoms with Crippen LogP contribution < -0.4 is 0 Å². The van der Waals surface area contributed by atoms with Crippen molar-refractivity contribution in [3.63, 3.8) is 0 Å². The molecule has 6 rings (SSSR count). The Morgan fingerprint density at radius 3 is 2.19 bits per heavy atom. The third-order valence-corrected chi connectivity index (χ3v) is 12.3. The summed E-state index contributed by atoms with van der Waals surface area (Å²) in [6.07, 6.45) is 6.60. The van der Waals surface area contributed by atoms with Crippen LogP contribution in [0, 0.1) is 23.8 Å². The first-order valence-corrected chi connectivity index (χ1v) is 18.5. The number of allylic oxidation sites excluding steroid dienone is 2. The molecule has 0 saturated carbocycles. The molecule has 1 radical (unpaired) electrons. The first-order valence-electron chi connectivity index (χ1n) is 16.8. The van der Waals surface area contributed by atoms with E-state index in [0.717, 1.165) is 64.3 Å². The summed E-state index contributed by atoms with van der Waals surface area (Å²) < 4.78 is 8.85. The molecule has 4 aromatic heterocycles. The fourth-order valence-corrected chi connectivity index (χ4v) is 8.04. The number of ketones is 1. The molecular weight excluding hydrogens is 811 g/mol. The van der Waals surface area contributed by atoms with Crippen molar-refractivity contribution in [3.8, 4) is 11.3 Å². The van der Waals surface area contributed by atoms with Crippen LogP contribution in [0.2, 0.25) is 0 Å². The number of carbonyl (C=O) groups is 1. The number of carbonyl (C=O) groups excluding carboxylic acids is 1. The first kappa shape index (κ1) is 38.0. The molecule has 4 heterocycles. The third kappa shape index (κ3) is 7.07. The molecule has 0 fully saturated rings. The van der Waals surface area contributed by atoms with Crippen LogP contribution in [0.25, 0.3) is 53.4 Å². The molecule has 0 atom stereocenters. The van der Waals surface area contributed by atoms with Gasteiger partial charge in [-0.2, -0.15) is 11.3 Å². The molecule has 0 spiro atoms. The van der Waals surface area contributed by atoms with Gasteiger partial charge in [-0.05, 0) is 72.4 Å². The van der Waals surface area contributed by atoms with Crippen molar-refractivity contribution in [2.24, 2.45) is 10.8 Å². The minimum atomic E-state index is -0.337. The summed E-state index contributed by atoms with van der Waals surface area (Å²) in [7, 11) is 0. The minimum absolute atomic E-state index is 0. The largest absolute Gasteiger partial charge is 0.512 e. The Hall–Kier alpha value is -2.83. The summed E-state index contributed by atoms with van der Waals surface area (Å²) in [5.74, 6) is 0.286. The zero-order chi connectivity index (χ0) is 34.3. The Balaban J connectivity index is 0.000000251. The van der Waals surface area contributed by atoms with Gasteiger partial charge in [0.15, 0.2) is 5.78 Å². The summed E-state index contributed by atoms with van der Waals surface area (Å²) in [5.41, 5.74) is 4.54. The monoisotopic (exact) mass is 859 g/mol. The molecule has 257 valence electrons. The van der Waals surface area contributed by atoms with Crippen molar-refractivity contribution in [2.45, 2.75) is 100 Å². The fraction of sp³-hybridized carbons (Fsp3) is 0.415. The standard InChI is InChI=1S/C26H20NOS2.C15H28O2.Ir/c1-14-11-17-21(30-14)6-5-19-22(17)23-20(28-19)7-9-27-24(23)16-12-15-8-10-29-25(15)18(13-16)26(2,3)4;1-7-14(5,8-2)12(16)11-13(17)15(6,9-3)10-4;/h5-11,13H,1-4H3;11,16H,7-10H2,1-6H3;/q-1;;/b;12-11-;. The predicted molar refractivity (Wildman–Crippen MR) is 203 cm³/mol. The molecule has 0 aliphatic rings. The molecular formula is C41H48IrNO3S2-. The van der Waals surface area contributed by atoms with E-state index in [1.165, 1.54) is 31.3 Å². The number of hydrogen-bond donors (Lipinski definition) is 1. The van der Waals surface area contributed by atoms with Crippen LogP contribution in [0.4, 0.5) is 0 Å². The van der Waals surface area contributed by atoms with Crippen molar-refractivity contribution in [1.82, 2.24) is 4.98 Å². The van der Waals surface area contributed by atoms with Gasteiger partial charge in [0.1, 0.15) is 16.9 Å². The van der Waals surface area contributed by atoms with E-state index in [4.69, 9.17) is 9.40 Å². The van der Waals surface area contributed by atoms with Crippen molar-refractivity contribution >= 4 is 70.6 Å². The van der Waals surface area contributed by atoms with Gasteiger partial charge >= 0.3 is 0 Å². The van der Waals surface area contributed by atoms with E-state index in [1.54, 1.807) is 11.3 Å². The molecule has 0 aliphatic heterocycles. The average molecular weight is 859 g/mol. The quantitative estimate of drug-likeness (QED) is 0.0941. The second kappa shape index (κ2) is 14.6. The number of aromatic nitrogens is 1. The van der Waals surface area contributed by atoms with Gasteiger partial charge in [-0.25, -0.2) is 0 Å². The fourth-order valence-electron chi connectivity index (χ4n) is 6.03. The second-order valence-electron chi connectivity index (χ2n) is 14.3. The first-order chi connectivity index (χ1) is 22.2. The van der Waals surface area contributed by atoms with Gasteiger partial charge in [0.2, 0.25) is 0 Å². The number of aryl methyl sites for hydroxylation is 1. The molecule has 0 bridgehead atoms. The van der Waals surface area contributed by atoms with Crippen molar-refractivity contribution in [1.29, 1.82) is 0 Å². The maximum absolute atomic E-state index is 12.2. The van der Waals surface area contributed by atoms with E-state index < -0.39 is 0 Å². The number of aliphatic hydroxyl groups is 1. The number of aliphatic hydroxyl groups excluding tert-OH is 1. The van der Waals surface area contributed by atoms with E-state index in [2.05, 4.69) is 69.5 Å². The summed E-state index contributed by atoms with van der Waals surface area (Å²) in [4.78, 5) is 18.3. The van der Waals surface area contributed by atoms with E-state index >= 15 is 0 Å². The summed E-state index contributed by atoms with van der Waals surface area (Å²) in [6, 6.07) is 16.6. The van der Waals surface area contributed by atoms with Crippen LogP contribution >= 0.6 is 22.7 Å². The van der Waals surface area contributed by atoms with Gasteiger partial charge in [-0.1, -0.05) is 73.4 Å². The zero-order valence-electron chi connectivity index (χ0n) is 29.9. The molecule has 4 nitrogen and oxygen atoms in total. The number of rotatable bonds is 8. The van der Waals surface area contributed by atoms with Crippen molar-refractivity contribution in [3.05, 3.63) is 76.3 Å². The van der Waals surface area contributed by atoms with Crippen LogP contribution in [-0.4, -0.2) is 15.9 Å². The van der Waals surface area contributed by atoms with Crippen molar-refractivity contribution in [2.75, 3.05) is 0 Å². The van der Waals surface area contributed by atoms with E-state index in [9.17, 15) is 9.90 Å². The van der Waals surface area contributed by atoms with Crippen LogP contribution in [0.5, 0.6) is 0 Å². The Labute approximate surface area is 307 Å². The number of hydrogen-bond acceptors (Lipinski definition) is 6. The van der Waals surface area contributed by atoms with E-state index in [0.29, 0.717) is 0 Å². The zero-order valence-corrected chi connectivity index (χ0v) is 33.9. The number of pyridine rings is 1. The second-order valence-corrected chi connectivity index (χ2v) is 16.5. The molecule has 6 aromatic rings. The van der Waals surface area contributed by atoms with Crippen LogP contribution in [0.3, 0.4) is 0 Å². The minimum Gasteiger partial charge on any atom is -0.512 e. The van der Waals surface area contributed by atoms with Crippen LogP contribution in [0.15, 0.2) is 64.2 Å². The van der Waals surface area contributed by atoms with Crippen LogP contribution in [0.1, 0.15) is 98.4 Å². The SMILES string of the molecule is CCC(C)(CC)C(=O)/C=C(\O)C(C)(CC)CC.Cc1cc2c(ccc3oc4ccnc(-c5[c-]c6ccsc6c(C(C)(C)C)c5)c4c32)s1.[Ir]. The molecule has 48 heavy (non-hydrogen) atoms. The molecule has 1 N–H and O–H groups in total. The van der Waals surface area contributed by atoms with E-state index in [1.807, 2.05) is 65.1 Å². The maximum atomic E-state index is 12.2. The molecule has 0 saturated heterocycles. The number of nitrogens with zero attached hydrogens (tertiary/aromatic N) is 1. The topological polar surface area (TPSA) is 63.3 Å². The van der Waals surface area contributed by atoms with Gasteiger partial charge in [0.05, 0.1) is 0 Å². The van der Waals surface area contributed by atoms with Crippen molar-refractivity contribution < 1.29 is 34.4 Å². The molecule has 7 heteroatoms. The maximum Gasteiger partial charge on any atom is 0.164 e. The molecule has 0 amide bonds. The number of thiophene rings is 2. The molecule has 0 unspecified atom stereocenters. The Morgan fingerprint density at radius 1 is 0.917 bits per heavy atom. The molecule has 2 aromatic carbocycles. The number of benzene rings is 2. The summed E-state index contributed by atoms with van der Waals surface area (Å²) in [6.45, 7) is 21.0. The van der Waals surface area contributed by atoms with E-state index in [-0.39, 0.29) is 47.9 Å². The number of furan rings is 1. The third-order valence-electron chi connectivity index (χ3n) is 10.3. The predicted octanol–water partition coefficient (Wildman–Crippen LogP) is 13.1. The van der Waals surface area contributed by atoms with Gasteiger partial charge < -0.3 is 9.52 Å². The number of fused-ring (bicyclic) bond motifs is 6. The van der Waals surface area contributed by atoms with Gasteiger partial charge in [-0.3, -0.25) is 9.78 Å². The summed E-state index contributed by atoms with van der Waals surface area (Å²) >= 11 is 3.61. The van der Waals surface area contributed by atoms with Gasteiger partial charge in [0.25, 0.3) is 0 Å². The Morgan fingerprint density at radius 2 is 1.56 bits per heavy atom. The summed E-state index contributed by atoms with van der Waals surface area (Å²) in [5, 5.41) is 16.9. The average Bonchev–Trinajstić information content (AvgIpc) is 3.78. The van der Waals surface area contributed by atoms with Gasteiger partial charge in [0, 0.05) is 74.6 Å². The van der Waals surface area contributed by atoms with Gasteiger partial charge in [-0.15, -0.1) is 34.9 Å². The molecule has 0 aliphatic carbocycles.